The number of piperidine rings is 1. The highest BCUT2D eigenvalue weighted by molar-refractivity contribution is 7.89. The number of ether oxygens (including phenoxy) is 2. The molecular weight excluding hydrogens is 439 g/mol. The van der Waals surface area contributed by atoms with Crippen molar-refractivity contribution in [2.24, 2.45) is 5.92 Å². The van der Waals surface area contributed by atoms with Crippen molar-refractivity contribution in [2.75, 3.05) is 20.2 Å². The average molecular weight is 461 g/mol. The van der Waals surface area contributed by atoms with Gasteiger partial charge in [-0.1, -0.05) is 0 Å². The van der Waals surface area contributed by atoms with E-state index in [1.54, 1.807) is 0 Å². The molecule has 0 aliphatic carbocycles. The Morgan fingerprint density at radius 2 is 1.74 bits per heavy atom. The van der Waals surface area contributed by atoms with Crippen molar-refractivity contribution in [1.82, 2.24) is 4.31 Å². The molecule has 0 radical (unpaired) electrons. The highest BCUT2D eigenvalue weighted by Gasteiger charge is 2.47. The summed E-state index contributed by atoms with van der Waals surface area (Å²) in [5.74, 6) is -1.61. The first-order valence-corrected chi connectivity index (χ1v) is 10.9. The Morgan fingerprint density at radius 3 is 2.23 bits per heavy atom. The van der Waals surface area contributed by atoms with Crippen LogP contribution in [0.1, 0.15) is 30.5 Å². The van der Waals surface area contributed by atoms with Crippen LogP contribution >= 0.6 is 0 Å². The second-order valence-electron chi connectivity index (χ2n) is 7.16. The van der Waals surface area contributed by atoms with E-state index in [4.69, 9.17) is 13.9 Å². The number of hydrogen-bond donors (Lipinski definition) is 0. The van der Waals surface area contributed by atoms with Gasteiger partial charge in [-0.25, -0.2) is 8.42 Å². The molecule has 3 rings (SSSR count). The number of hydrogen-bond acceptors (Lipinski definition) is 6. The summed E-state index contributed by atoms with van der Waals surface area (Å²) in [7, 11) is -2.33. The summed E-state index contributed by atoms with van der Waals surface area (Å²) in [6.45, 7) is 1.47. The predicted octanol–water partition coefficient (Wildman–Crippen LogP) is 3.84. The van der Waals surface area contributed by atoms with Crippen LogP contribution in [-0.2, 0) is 19.6 Å². The van der Waals surface area contributed by atoms with E-state index in [2.05, 4.69) is 0 Å². The minimum atomic E-state index is -4.83. The molecule has 1 aliphatic rings. The third-order valence-electron chi connectivity index (χ3n) is 5.04. The molecule has 2 aromatic rings. The van der Waals surface area contributed by atoms with E-state index in [0.717, 1.165) is 6.07 Å². The van der Waals surface area contributed by atoms with Crippen LogP contribution in [0.3, 0.4) is 0 Å². The summed E-state index contributed by atoms with van der Waals surface area (Å²) in [4.78, 5) is 12.5. The van der Waals surface area contributed by atoms with E-state index >= 15 is 0 Å². The molecule has 1 aliphatic heterocycles. The fourth-order valence-corrected chi connectivity index (χ4v) is 4.79. The summed E-state index contributed by atoms with van der Waals surface area (Å²) >= 11 is 0. The largest absolute Gasteiger partial charge is 0.497 e. The zero-order valence-electron chi connectivity index (χ0n) is 16.9. The molecule has 0 amide bonds. The van der Waals surface area contributed by atoms with Gasteiger partial charge in [0.2, 0.25) is 10.0 Å². The van der Waals surface area contributed by atoms with Gasteiger partial charge in [0, 0.05) is 13.1 Å². The highest BCUT2D eigenvalue weighted by Crippen LogP contribution is 2.38. The predicted molar refractivity (Wildman–Crippen MR) is 103 cm³/mol. The van der Waals surface area contributed by atoms with Crippen molar-refractivity contribution in [3.8, 4) is 5.75 Å². The molecule has 1 aromatic carbocycles. The number of rotatable bonds is 6. The van der Waals surface area contributed by atoms with Crippen LogP contribution in [0.25, 0.3) is 0 Å². The van der Waals surface area contributed by atoms with Gasteiger partial charge in [-0.2, -0.15) is 17.5 Å². The van der Waals surface area contributed by atoms with E-state index in [1.165, 1.54) is 48.7 Å². The third-order valence-corrected chi connectivity index (χ3v) is 6.95. The molecule has 170 valence electrons. The number of halogens is 3. The SMILES string of the molecule is COc1ccc(S(=O)(=O)N2CCC(C(=O)O[C@@H](c3ccc(C)o3)C(F)(F)F)CC2)cc1. The van der Waals surface area contributed by atoms with Gasteiger partial charge in [0.15, 0.2) is 5.76 Å². The van der Waals surface area contributed by atoms with Crippen LogP contribution in [0.2, 0.25) is 0 Å². The maximum absolute atomic E-state index is 13.4. The highest BCUT2D eigenvalue weighted by atomic mass is 32.2. The average Bonchev–Trinajstić information content (AvgIpc) is 3.16. The maximum Gasteiger partial charge on any atom is 0.432 e. The number of esters is 1. The molecule has 0 N–H and O–H groups in total. The lowest BCUT2D eigenvalue weighted by Gasteiger charge is -2.31. The van der Waals surface area contributed by atoms with Gasteiger partial charge >= 0.3 is 12.1 Å². The first kappa shape index (κ1) is 23.1. The first-order chi connectivity index (χ1) is 14.5. The summed E-state index contributed by atoms with van der Waals surface area (Å²) in [6.07, 6.45) is -7.24. The van der Waals surface area contributed by atoms with Crippen LogP contribution in [0.5, 0.6) is 5.75 Å². The quantitative estimate of drug-likeness (QED) is 0.608. The van der Waals surface area contributed by atoms with Gasteiger partial charge in [0.25, 0.3) is 6.10 Å². The number of nitrogens with zero attached hydrogens (tertiary/aromatic N) is 1. The molecule has 0 bridgehead atoms. The number of benzene rings is 1. The summed E-state index contributed by atoms with van der Waals surface area (Å²) in [5.41, 5.74) is 0. The van der Waals surface area contributed by atoms with Gasteiger partial charge in [0.1, 0.15) is 11.5 Å². The van der Waals surface area contributed by atoms with E-state index in [0.29, 0.717) is 5.75 Å². The summed E-state index contributed by atoms with van der Waals surface area (Å²) < 4.78 is 81.6. The molecule has 1 fully saturated rings. The second kappa shape index (κ2) is 8.91. The number of carbonyl (C=O) groups excluding carboxylic acids is 1. The van der Waals surface area contributed by atoms with Crippen molar-refractivity contribution in [3.05, 3.63) is 47.9 Å². The lowest BCUT2D eigenvalue weighted by molar-refractivity contribution is -0.230. The third kappa shape index (κ3) is 5.21. The molecule has 1 aromatic heterocycles. The monoisotopic (exact) mass is 461 g/mol. The van der Waals surface area contributed by atoms with Crippen molar-refractivity contribution in [3.63, 3.8) is 0 Å². The van der Waals surface area contributed by atoms with Crippen LogP contribution in [0, 0.1) is 12.8 Å². The van der Waals surface area contributed by atoms with E-state index < -0.39 is 40.0 Å². The fourth-order valence-electron chi connectivity index (χ4n) is 3.32. The molecule has 1 saturated heterocycles. The Bertz CT molecular complexity index is 1010. The Morgan fingerprint density at radius 1 is 1.13 bits per heavy atom. The zero-order chi connectivity index (χ0) is 22.8. The molecule has 0 saturated carbocycles. The maximum atomic E-state index is 13.4. The summed E-state index contributed by atoms with van der Waals surface area (Å²) in [6, 6.07) is 8.33. The molecule has 2 heterocycles. The molecule has 1 atom stereocenters. The second-order valence-corrected chi connectivity index (χ2v) is 9.10. The Balaban J connectivity index is 1.64. The summed E-state index contributed by atoms with van der Waals surface area (Å²) in [5, 5.41) is 0. The minimum absolute atomic E-state index is 0.00925. The lowest BCUT2D eigenvalue weighted by Crippen LogP contribution is -2.41. The molecule has 0 unspecified atom stereocenters. The van der Waals surface area contributed by atoms with Crippen molar-refractivity contribution < 1.29 is 40.3 Å². The number of alkyl halides is 3. The Hall–Kier alpha value is -2.53. The Kier molecular flexibility index (Phi) is 6.65. The lowest BCUT2D eigenvalue weighted by atomic mass is 9.98. The van der Waals surface area contributed by atoms with Crippen LogP contribution in [0.15, 0.2) is 45.7 Å². The molecule has 7 nitrogen and oxygen atoms in total. The van der Waals surface area contributed by atoms with Gasteiger partial charge in [-0.15, -0.1) is 0 Å². The molecule has 0 spiro atoms. The number of aryl methyl sites for hydroxylation is 1. The van der Waals surface area contributed by atoms with Gasteiger partial charge in [-0.05, 0) is 56.2 Å². The van der Waals surface area contributed by atoms with E-state index in [1.807, 2.05) is 0 Å². The van der Waals surface area contributed by atoms with Gasteiger partial charge < -0.3 is 13.9 Å². The van der Waals surface area contributed by atoms with Crippen molar-refractivity contribution >= 4 is 16.0 Å². The number of methoxy groups -OCH3 is 1. The minimum Gasteiger partial charge on any atom is -0.497 e. The molecule has 31 heavy (non-hydrogen) atoms. The Labute approximate surface area is 177 Å². The number of sulfonamides is 1. The number of furan rings is 1. The first-order valence-electron chi connectivity index (χ1n) is 9.50. The normalized spacial score (nSPS) is 17.3. The van der Waals surface area contributed by atoms with Crippen LogP contribution in [-0.4, -0.2) is 45.1 Å². The van der Waals surface area contributed by atoms with Crippen LogP contribution < -0.4 is 4.74 Å². The molecule has 11 heteroatoms. The zero-order valence-corrected chi connectivity index (χ0v) is 17.7. The topological polar surface area (TPSA) is 86.1 Å². The fraction of sp³-hybridized carbons (Fsp3) is 0.450. The van der Waals surface area contributed by atoms with E-state index in [-0.39, 0.29) is 36.6 Å². The number of carbonyl (C=O) groups is 1. The van der Waals surface area contributed by atoms with Crippen LogP contribution in [0.4, 0.5) is 13.2 Å². The van der Waals surface area contributed by atoms with E-state index in [9.17, 15) is 26.4 Å². The standard InChI is InChI=1S/C20H22F3NO6S/c1-13-3-8-17(29-13)18(20(21,22)23)30-19(25)14-9-11-24(12-10-14)31(26,27)16-6-4-15(28-2)5-7-16/h3-8,14,18H,9-12H2,1-2H3/t18-/m0/s1. The van der Waals surface area contributed by atoms with Crippen molar-refractivity contribution in [1.29, 1.82) is 0 Å². The van der Waals surface area contributed by atoms with Crippen molar-refractivity contribution in [2.45, 2.75) is 36.9 Å². The van der Waals surface area contributed by atoms with Gasteiger partial charge in [0.05, 0.1) is 17.9 Å². The molecular formula is C20H22F3NO6S. The smallest absolute Gasteiger partial charge is 0.432 e. The van der Waals surface area contributed by atoms with Gasteiger partial charge in [-0.3, -0.25) is 4.79 Å².